The number of para-hydroxylation sites is 2. The summed E-state index contributed by atoms with van der Waals surface area (Å²) in [6, 6.07) is 54.9. The van der Waals surface area contributed by atoms with Crippen LogP contribution in [0, 0.1) is 0 Å². The first-order valence-corrected chi connectivity index (χ1v) is 22.2. The van der Waals surface area contributed by atoms with Gasteiger partial charge in [0, 0.05) is 44.0 Å². The number of carboxylic acid groups (broad SMARTS) is 1. The van der Waals surface area contributed by atoms with Crippen molar-refractivity contribution in [2.45, 2.75) is 25.3 Å². The molecule has 3 aliphatic carbocycles. The highest BCUT2D eigenvalue weighted by atomic mass is 16.4. The lowest BCUT2D eigenvalue weighted by Crippen LogP contribution is -2.46. The molecule has 0 radical (unpaired) electrons. The molecule has 0 bridgehead atoms. The Labute approximate surface area is 375 Å². The van der Waals surface area contributed by atoms with E-state index in [9.17, 15) is 9.90 Å². The molecule has 4 aliphatic rings. The monoisotopic (exact) mass is 840 g/mol. The summed E-state index contributed by atoms with van der Waals surface area (Å²) in [6.07, 6.45) is 4.48. The zero-order valence-corrected chi connectivity index (χ0v) is 36.3. The molecule has 0 saturated carbocycles. The molecule has 7 aromatic carbocycles. The minimum absolute atomic E-state index is 0.0109. The number of hydrogen-bond donors (Lipinski definition) is 1. The lowest BCUT2D eigenvalue weighted by Gasteiger charge is -2.32. The predicted octanol–water partition coefficient (Wildman–Crippen LogP) is 10.6. The van der Waals surface area contributed by atoms with E-state index in [2.05, 4.69) is 136 Å². The van der Waals surface area contributed by atoms with Crippen molar-refractivity contribution >= 4 is 50.2 Å². The maximum atomic E-state index is 13.4. The molecule has 9 aromatic rings. The summed E-state index contributed by atoms with van der Waals surface area (Å²) in [6.45, 7) is 4.65. The van der Waals surface area contributed by atoms with Gasteiger partial charge in [-0.3, -0.25) is 9.05 Å². The largest absolute Gasteiger partial charge is 0.478 e. The van der Waals surface area contributed by atoms with Crippen LogP contribution in [0.15, 0.2) is 175 Å². The second-order valence-electron chi connectivity index (χ2n) is 18.6. The van der Waals surface area contributed by atoms with Crippen LogP contribution in [0.25, 0.3) is 89.5 Å². The average Bonchev–Trinajstić information content (AvgIpc) is 3.99. The fourth-order valence-electron chi connectivity index (χ4n) is 11.5. The van der Waals surface area contributed by atoms with E-state index in [4.69, 9.17) is 15.0 Å². The first kappa shape index (κ1) is 37.5. The quantitative estimate of drug-likeness (QED) is 0.175. The van der Waals surface area contributed by atoms with E-state index in [1.54, 1.807) is 0 Å². The molecular formula is C58H42N5O2+. The number of rotatable bonds is 5. The third kappa shape index (κ3) is 5.15. The van der Waals surface area contributed by atoms with Crippen molar-refractivity contribution in [3.63, 3.8) is 0 Å². The second-order valence-corrected chi connectivity index (χ2v) is 18.6. The smallest absolute Gasteiger partial charge is 0.336 e. The van der Waals surface area contributed by atoms with Crippen LogP contribution < -0.4 is 14.9 Å². The van der Waals surface area contributed by atoms with Gasteiger partial charge in [0.25, 0.3) is 0 Å². The van der Waals surface area contributed by atoms with Crippen molar-refractivity contribution < 1.29 is 9.90 Å². The molecule has 1 N–H and O–H groups in total. The van der Waals surface area contributed by atoms with Gasteiger partial charge in [-0.05, 0) is 91.9 Å². The molecule has 0 amide bonds. The van der Waals surface area contributed by atoms with Gasteiger partial charge in [0.1, 0.15) is 11.7 Å². The summed E-state index contributed by atoms with van der Waals surface area (Å²) in [4.78, 5) is 29.1. The molecule has 3 heterocycles. The molecule has 2 aromatic heterocycles. The zero-order chi connectivity index (χ0) is 43.9. The fraction of sp³-hybridized carbons (Fsp3) is 0.103. The van der Waals surface area contributed by atoms with Gasteiger partial charge in [0.15, 0.2) is 11.6 Å². The highest BCUT2D eigenvalue weighted by Crippen LogP contribution is 2.56. The maximum Gasteiger partial charge on any atom is 0.336 e. The third-order valence-corrected chi connectivity index (χ3v) is 14.5. The Balaban J connectivity index is 1.17. The number of fused-ring (bicyclic) bond motifs is 11. The molecule has 13 rings (SSSR count). The Morgan fingerprint density at radius 2 is 1.29 bits per heavy atom. The number of aliphatic carboxylic acids is 1. The van der Waals surface area contributed by atoms with Gasteiger partial charge in [0.2, 0.25) is 5.95 Å². The number of aromatic nitrogens is 4. The fourth-order valence-corrected chi connectivity index (χ4v) is 11.5. The van der Waals surface area contributed by atoms with E-state index >= 15 is 0 Å². The number of carbonyl (C=O) groups is 1. The number of carboxylic acids is 1. The number of benzene rings is 7. The van der Waals surface area contributed by atoms with E-state index in [0.717, 1.165) is 65.6 Å². The van der Waals surface area contributed by atoms with Gasteiger partial charge in [0.05, 0.1) is 30.7 Å². The molecule has 1 atom stereocenters. The molecule has 0 fully saturated rings. The average molecular weight is 841 g/mol. The van der Waals surface area contributed by atoms with Crippen LogP contribution >= 0.6 is 0 Å². The van der Waals surface area contributed by atoms with E-state index in [0.29, 0.717) is 27.7 Å². The van der Waals surface area contributed by atoms with E-state index < -0.39 is 11.4 Å². The van der Waals surface area contributed by atoms with Crippen LogP contribution in [0.5, 0.6) is 0 Å². The lowest BCUT2D eigenvalue weighted by molar-refractivity contribution is -0.130. The van der Waals surface area contributed by atoms with Crippen LogP contribution in [0.2, 0.25) is 0 Å². The van der Waals surface area contributed by atoms with Crippen LogP contribution in [0.1, 0.15) is 30.5 Å². The molecule has 7 nitrogen and oxygen atoms in total. The van der Waals surface area contributed by atoms with Gasteiger partial charge in [-0.25, -0.2) is 9.78 Å². The van der Waals surface area contributed by atoms with Gasteiger partial charge >= 0.3 is 5.97 Å². The van der Waals surface area contributed by atoms with Crippen molar-refractivity contribution in [3.8, 4) is 51.0 Å². The first-order chi connectivity index (χ1) is 31.6. The Kier molecular flexibility index (Phi) is 7.66. The molecule has 0 spiro atoms. The molecule has 310 valence electrons. The van der Waals surface area contributed by atoms with Crippen LogP contribution in [0.4, 0.5) is 5.69 Å². The summed E-state index contributed by atoms with van der Waals surface area (Å²) >= 11 is 0. The minimum Gasteiger partial charge on any atom is -0.478 e. The maximum absolute atomic E-state index is 13.4. The van der Waals surface area contributed by atoms with E-state index in [-0.39, 0.29) is 6.04 Å². The molecular weight excluding hydrogens is 799 g/mol. The molecule has 7 heteroatoms. The molecule has 0 saturated heterocycles. The Hall–Kier alpha value is -8.00. The van der Waals surface area contributed by atoms with Crippen LogP contribution in [-0.2, 0) is 10.2 Å². The van der Waals surface area contributed by atoms with Crippen molar-refractivity contribution in [1.82, 2.24) is 24.0 Å². The number of allylic oxidation sites excluding steroid dienone is 1. The highest BCUT2D eigenvalue weighted by molar-refractivity contribution is 6.23. The zero-order valence-electron chi connectivity index (χ0n) is 36.3. The summed E-state index contributed by atoms with van der Waals surface area (Å²) in [5.74, 6) is 0.764. The van der Waals surface area contributed by atoms with Gasteiger partial charge in [-0.1, -0.05) is 141 Å². The third-order valence-electron chi connectivity index (χ3n) is 14.5. The molecule has 65 heavy (non-hydrogen) atoms. The highest BCUT2D eigenvalue weighted by Gasteiger charge is 2.46. The molecule has 1 unspecified atom stereocenters. The van der Waals surface area contributed by atoms with Gasteiger partial charge < -0.3 is 5.11 Å². The van der Waals surface area contributed by atoms with E-state index in [1.807, 2.05) is 66.7 Å². The summed E-state index contributed by atoms with van der Waals surface area (Å²) < 4.78 is 2.86. The van der Waals surface area contributed by atoms with Crippen molar-refractivity contribution in [2.75, 3.05) is 14.1 Å². The summed E-state index contributed by atoms with van der Waals surface area (Å²) in [7, 11) is 4.43. The van der Waals surface area contributed by atoms with Crippen LogP contribution in [-0.4, -0.2) is 50.7 Å². The minimum atomic E-state index is -0.920. The van der Waals surface area contributed by atoms with Crippen molar-refractivity contribution in [2.24, 2.45) is 0 Å². The summed E-state index contributed by atoms with van der Waals surface area (Å²) in [5, 5.41) is 14.8. The standard InChI is InChI=1S/C58H41N5O2/c1-58(2)46-24-14-11-21-36(46)44-31-45-37-22-12-15-25-47(37)62(57-60-54(33-17-7-5-8-18-33)59-55(61-57)34-19-9-6-10-20-34)53(45)50(52(44)58)35-27-28-39-40(29-35)41-30-42-38-23-13-16-26-48(38)63(3,4)49(42)32-43(41)51(39)56(64)65/h5-32,49H,1-4H3/p+1. The Morgan fingerprint density at radius 1 is 0.646 bits per heavy atom. The van der Waals surface area contributed by atoms with Crippen molar-refractivity contribution in [1.29, 1.82) is 0 Å². The van der Waals surface area contributed by atoms with Crippen LogP contribution in [0.3, 0.4) is 0 Å². The Morgan fingerprint density at radius 3 is 2.02 bits per heavy atom. The SMILES string of the molecule is CC1(C)c2ccccc2-c2cc3c4ccccc4n(-c4nc(-c5ccccc5)nc(-c5ccccc5)n4)c3c(-c3ccc4c(c3)=C3C=C5c6ccccc6[N+](C)(C)C5C=C3C=4C(=O)O)c21. The topological polar surface area (TPSA) is 80.9 Å². The molecule has 1 aliphatic heterocycles. The van der Waals surface area contributed by atoms with Crippen molar-refractivity contribution in [3.05, 3.63) is 203 Å². The predicted molar refractivity (Wildman–Crippen MR) is 262 cm³/mol. The summed E-state index contributed by atoms with van der Waals surface area (Å²) in [5.41, 5.74) is 16.1. The first-order valence-electron chi connectivity index (χ1n) is 22.2. The second kappa shape index (κ2) is 13.3. The Bertz CT molecular complexity index is 3740. The van der Waals surface area contributed by atoms with Gasteiger partial charge in [-0.2, -0.15) is 9.97 Å². The number of likely N-dealkylation sites (N-methyl/N-ethyl adjacent to an activating group) is 1. The lowest BCUT2D eigenvalue weighted by atomic mass is 9.78. The van der Waals surface area contributed by atoms with Gasteiger partial charge in [-0.15, -0.1) is 0 Å². The van der Waals surface area contributed by atoms with E-state index in [1.165, 1.54) is 39.1 Å². The normalized spacial score (nSPS) is 17.0. The number of nitrogens with zero attached hydrogens (tertiary/aromatic N) is 5. The number of quaternary nitrogens is 1. The number of hydrogen-bond acceptors (Lipinski definition) is 4.